The topological polar surface area (TPSA) is 88.0 Å². The molecule has 6 nitrogen and oxygen atoms in total. The van der Waals surface area contributed by atoms with Crippen molar-refractivity contribution in [3.05, 3.63) is 48.0 Å². The predicted molar refractivity (Wildman–Crippen MR) is 109 cm³/mol. The number of alkyl halides is 2. The Morgan fingerprint density at radius 2 is 2.00 bits per heavy atom. The van der Waals surface area contributed by atoms with Crippen molar-refractivity contribution in [2.24, 2.45) is 5.92 Å². The number of carbonyl (C=O) groups is 1. The van der Waals surface area contributed by atoms with Crippen molar-refractivity contribution in [1.29, 1.82) is 0 Å². The molecule has 1 aliphatic carbocycles. The zero-order chi connectivity index (χ0) is 21.5. The molecule has 0 spiro atoms. The summed E-state index contributed by atoms with van der Waals surface area (Å²) in [5, 5.41) is 13.3. The van der Waals surface area contributed by atoms with Crippen LogP contribution in [-0.4, -0.2) is 31.9 Å². The lowest BCUT2D eigenvalue weighted by atomic mass is 10.0. The van der Waals surface area contributed by atoms with Crippen molar-refractivity contribution < 1.29 is 18.7 Å². The molecule has 1 aliphatic rings. The number of aryl methyl sites for hydroxylation is 1. The molecular formula is C22H22F2N4O2. The number of aromatic nitrogens is 3. The van der Waals surface area contributed by atoms with Crippen LogP contribution in [0.4, 0.5) is 14.6 Å². The quantitative estimate of drug-likeness (QED) is 0.625. The number of hydrogen-bond acceptors (Lipinski definition) is 5. The standard InChI is InChI=1S/C22H22F2N4O2/c1-3-4-19(29)18-5-12(2)15(11-26-18)13-6-14-10-27-20(7-17(14)25-9-13)28-21(30)16-8-22(16,23)24/h5-7,9-11,16,19,29H,3-4,8H2,1-2H3,(H,27,28,30)/t16-,19-/m1/s1. The number of amides is 1. The van der Waals surface area contributed by atoms with E-state index in [-0.39, 0.29) is 5.82 Å². The van der Waals surface area contributed by atoms with Crippen LogP contribution in [0, 0.1) is 12.8 Å². The molecule has 1 fully saturated rings. The van der Waals surface area contributed by atoms with Crippen LogP contribution in [0.25, 0.3) is 22.0 Å². The number of anilines is 1. The second-order valence-electron chi connectivity index (χ2n) is 7.72. The molecule has 30 heavy (non-hydrogen) atoms. The molecule has 1 saturated carbocycles. The van der Waals surface area contributed by atoms with Crippen LogP contribution in [0.15, 0.2) is 36.8 Å². The molecule has 8 heteroatoms. The van der Waals surface area contributed by atoms with Gasteiger partial charge >= 0.3 is 0 Å². The predicted octanol–water partition coefficient (Wildman–Crippen LogP) is 4.43. The summed E-state index contributed by atoms with van der Waals surface area (Å²) in [6.07, 6.45) is 5.50. The van der Waals surface area contributed by atoms with Gasteiger partial charge in [-0.05, 0) is 31.0 Å². The molecule has 0 aliphatic heterocycles. The minimum atomic E-state index is -2.91. The van der Waals surface area contributed by atoms with E-state index in [0.29, 0.717) is 17.6 Å². The van der Waals surface area contributed by atoms with Gasteiger partial charge in [0, 0.05) is 47.6 Å². The van der Waals surface area contributed by atoms with Crippen LogP contribution < -0.4 is 5.32 Å². The van der Waals surface area contributed by atoms with Crippen LogP contribution in [0.2, 0.25) is 0 Å². The zero-order valence-electron chi connectivity index (χ0n) is 16.7. The van der Waals surface area contributed by atoms with Gasteiger partial charge in [0.25, 0.3) is 5.92 Å². The summed E-state index contributed by atoms with van der Waals surface area (Å²) in [7, 11) is 0. The first-order valence-electron chi connectivity index (χ1n) is 9.88. The second kappa shape index (κ2) is 7.68. The Morgan fingerprint density at radius 1 is 1.23 bits per heavy atom. The van der Waals surface area contributed by atoms with Crippen molar-refractivity contribution in [2.75, 3.05) is 5.32 Å². The summed E-state index contributed by atoms with van der Waals surface area (Å²) in [5.74, 6) is -4.72. The van der Waals surface area contributed by atoms with Crippen molar-refractivity contribution in [3.8, 4) is 11.1 Å². The first-order chi connectivity index (χ1) is 14.3. The van der Waals surface area contributed by atoms with Crippen LogP contribution >= 0.6 is 0 Å². The molecule has 3 aromatic heterocycles. The van der Waals surface area contributed by atoms with Gasteiger partial charge in [-0.25, -0.2) is 13.8 Å². The van der Waals surface area contributed by atoms with E-state index in [2.05, 4.69) is 20.3 Å². The molecule has 156 valence electrons. The number of aliphatic hydroxyl groups is 1. The van der Waals surface area contributed by atoms with Crippen LogP contribution in [-0.2, 0) is 4.79 Å². The molecule has 3 aromatic rings. The molecule has 2 atom stereocenters. The number of hydrogen-bond donors (Lipinski definition) is 2. The maximum absolute atomic E-state index is 13.0. The lowest BCUT2D eigenvalue weighted by molar-refractivity contribution is -0.119. The third kappa shape index (κ3) is 4.00. The van der Waals surface area contributed by atoms with Gasteiger partial charge < -0.3 is 10.4 Å². The normalized spacial score (nSPS) is 18.2. The van der Waals surface area contributed by atoms with Crippen molar-refractivity contribution in [2.45, 2.75) is 45.1 Å². The third-order valence-corrected chi connectivity index (χ3v) is 5.31. The molecule has 0 aromatic carbocycles. The van der Waals surface area contributed by atoms with E-state index in [1.54, 1.807) is 24.7 Å². The summed E-state index contributed by atoms with van der Waals surface area (Å²) in [6, 6.07) is 5.35. The number of fused-ring (bicyclic) bond motifs is 1. The third-order valence-electron chi connectivity index (χ3n) is 5.31. The minimum absolute atomic E-state index is 0.197. The lowest BCUT2D eigenvalue weighted by Crippen LogP contribution is -2.18. The van der Waals surface area contributed by atoms with Crippen molar-refractivity contribution in [1.82, 2.24) is 15.0 Å². The van der Waals surface area contributed by atoms with Gasteiger partial charge in [-0.3, -0.25) is 14.8 Å². The number of halogens is 2. The molecule has 0 saturated heterocycles. The number of carbonyl (C=O) groups excluding carboxylic acids is 1. The van der Waals surface area contributed by atoms with E-state index >= 15 is 0 Å². The molecule has 3 heterocycles. The number of pyridine rings is 3. The molecule has 4 rings (SSSR count). The van der Waals surface area contributed by atoms with Gasteiger partial charge in [0.2, 0.25) is 5.91 Å². The molecular weight excluding hydrogens is 390 g/mol. The number of rotatable bonds is 6. The van der Waals surface area contributed by atoms with Gasteiger partial charge in [0.15, 0.2) is 0 Å². The fourth-order valence-corrected chi connectivity index (χ4v) is 3.43. The molecule has 2 N–H and O–H groups in total. The highest BCUT2D eigenvalue weighted by Gasteiger charge is 2.61. The van der Waals surface area contributed by atoms with Crippen LogP contribution in [0.3, 0.4) is 0 Å². The van der Waals surface area contributed by atoms with Gasteiger partial charge in [-0.1, -0.05) is 13.3 Å². The van der Waals surface area contributed by atoms with Crippen LogP contribution in [0.1, 0.15) is 43.5 Å². The number of aliphatic hydroxyl groups excluding tert-OH is 1. The summed E-state index contributed by atoms with van der Waals surface area (Å²) in [4.78, 5) is 24.8. The van der Waals surface area contributed by atoms with E-state index < -0.39 is 30.3 Å². The lowest BCUT2D eigenvalue weighted by Gasteiger charge is -2.12. The van der Waals surface area contributed by atoms with Crippen LogP contribution in [0.5, 0.6) is 0 Å². The van der Waals surface area contributed by atoms with E-state index in [1.807, 2.05) is 26.0 Å². The second-order valence-corrected chi connectivity index (χ2v) is 7.72. The van der Waals surface area contributed by atoms with E-state index in [0.717, 1.165) is 28.5 Å². The van der Waals surface area contributed by atoms with Gasteiger partial charge in [0.05, 0.1) is 17.3 Å². The highest BCUT2D eigenvalue weighted by Crippen LogP contribution is 2.49. The Bertz CT molecular complexity index is 1120. The fraction of sp³-hybridized carbons (Fsp3) is 0.364. The Labute approximate surface area is 172 Å². The van der Waals surface area contributed by atoms with E-state index in [9.17, 15) is 18.7 Å². The summed E-state index contributed by atoms with van der Waals surface area (Å²) < 4.78 is 26.1. The van der Waals surface area contributed by atoms with E-state index in [4.69, 9.17) is 0 Å². The molecule has 1 amide bonds. The summed E-state index contributed by atoms with van der Waals surface area (Å²) in [5.41, 5.74) is 3.95. The first kappa shape index (κ1) is 20.3. The fourth-order valence-electron chi connectivity index (χ4n) is 3.43. The average Bonchev–Trinajstić information content (AvgIpc) is 3.36. The number of nitrogens with one attached hydrogen (secondary N) is 1. The number of nitrogens with zero attached hydrogens (tertiary/aromatic N) is 3. The molecule has 0 radical (unpaired) electrons. The first-order valence-corrected chi connectivity index (χ1v) is 9.88. The van der Waals surface area contributed by atoms with Crippen molar-refractivity contribution >= 4 is 22.6 Å². The Kier molecular flexibility index (Phi) is 5.19. The summed E-state index contributed by atoms with van der Waals surface area (Å²) in [6.45, 7) is 3.96. The minimum Gasteiger partial charge on any atom is -0.387 e. The van der Waals surface area contributed by atoms with Gasteiger partial charge in [-0.15, -0.1) is 0 Å². The molecule has 0 unspecified atom stereocenters. The SMILES string of the molecule is CCC[C@@H](O)c1cc(C)c(-c2cnc3cc(NC(=O)[C@H]4CC4(F)F)ncc3c2)cn1. The average molecular weight is 412 g/mol. The molecule has 0 bridgehead atoms. The van der Waals surface area contributed by atoms with Gasteiger partial charge in [0.1, 0.15) is 11.7 Å². The maximum Gasteiger partial charge on any atom is 0.260 e. The smallest absolute Gasteiger partial charge is 0.260 e. The highest BCUT2D eigenvalue weighted by molar-refractivity contribution is 5.96. The van der Waals surface area contributed by atoms with Crippen molar-refractivity contribution in [3.63, 3.8) is 0 Å². The monoisotopic (exact) mass is 412 g/mol. The Balaban J connectivity index is 1.56. The Morgan fingerprint density at radius 3 is 2.67 bits per heavy atom. The van der Waals surface area contributed by atoms with Gasteiger partial charge in [-0.2, -0.15) is 0 Å². The largest absolute Gasteiger partial charge is 0.387 e. The highest BCUT2D eigenvalue weighted by atomic mass is 19.3. The maximum atomic E-state index is 13.0. The van der Waals surface area contributed by atoms with E-state index in [1.165, 1.54) is 0 Å². The zero-order valence-corrected chi connectivity index (χ0v) is 16.7. The summed E-state index contributed by atoms with van der Waals surface area (Å²) >= 11 is 0. The Hall–Kier alpha value is -3.00.